The minimum absolute atomic E-state index is 0.175. The molecule has 24 heavy (non-hydrogen) atoms. The highest BCUT2D eigenvalue weighted by atomic mass is 32.2. The Morgan fingerprint density at radius 3 is 2.67 bits per heavy atom. The van der Waals surface area contributed by atoms with Crippen LogP contribution in [0, 0.1) is 16.7 Å². The number of nitrogens with zero attached hydrogens (tertiary/aromatic N) is 3. The van der Waals surface area contributed by atoms with E-state index in [9.17, 15) is 18.4 Å². The Hall–Kier alpha value is -1.59. The molecule has 0 radical (unpaired) electrons. The molecule has 1 unspecified atom stereocenters. The van der Waals surface area contributed by atoms with Crippen LogP contribution in [0.5, 0.6) is 0 Å². The number of alkyl halides is 3. The number of likely N-dealkylation sites (N-methyl/N-ethyl adjacent to an activating group) is 1. The molecule has 128 valence electrons. The molecule has 4 aliphatic rings. The largest absolute Gasteiger partial charge is 0.393 e. The van der Waals surface area contributed by atoms with Crippen LogP contribution in [0.15, 0.2) is 34.0 Å². The van der Waals surface area contributed by atoms with E-state index in [2.05, 4.69) is 16.3 Å². The van der Waals surface area contributed by atoms with Gasteiger partial charge in [-0.1, -0.05) is 0 Å². The first-order chi connectivity index (χ1) is 11.3. The van der Waals surface area contributed by atoms with E-state index in [1.165, 1.54) is 11.8 Å². The van der Waals surface area contributed by atoms with E-state index in [-0.39, 0.29) is 10.8 Å². The standard InChI is InChI=1S/C16H17F3N4S/c1-22-5-10(4-20)13(23-8-15(9-23)6-21-7-15)12-2-11(24-14(12)22)3-16(17,18)19/h2,5,14,21H,3,6-9H2,1H3. The minimum Gasteiger partial charge on any atom is -0.369 e. The quantitative estimate of drug-likeness (QED) is 0.825. The number of halogens is 3. The van der Waals surface area contributed by atoms with Crippen molar-refractivity contribution in [2.75, 3.05) is 33.2 Å². The van der Waals surface area contributed by atoms with Crippen LogP contribution >= 0.6 is 11.8 Å². The summed E-state index contributed by atoms with van der Waals surface area (Å²) < 4.78 is 38.2. The summed E-state index contributed by atoms with van der Waals surface area (Å²) in [6, 6.07) is 2.22. The average Bonchev–Trinajstić information content (AvgIpc) is 2.79. The first-order valence-corrected chi connectivity index (χ1v) is 8.66. The molecule has 0 aliphatic carbocycles. The van der Waals surface area contributed by atoms with E-state index in [0.29, 0.717) is 10.5 Å². The first-order valence-electron chi connectivity index (χ1n) is 7.78. The third-order valence-electron chi connectivity index (χ3n) is 4.94. The Balaban J connectivity index is 1.66. The van der Waals surface area contributed by atoms with Crippen molar-refractivity contribution in [3.05, 3.63) is 34.0 Å². The summed E-state index contributed by atoms with van der Waals surface area (Å²) in [4.78, 5) is 4.31. The van der Waals surface area contributed by atoms with E-state index in [1.807, 2.05) is 11.9 Å². The number of rotatable bonds is 2. The second kappa shape index (κ2) is 5.20. The molecular formula is C16H17F3N4S. The summed E-state index contributed by atoms with van der Waals surface area (Å²) in [6.45, 7) is 3.68. The lowest BCUT2D eigenvalue weighted by Crippen LogP contribution is -2.70. The molecule has 0 amide bonds. The number of thioether (sulfide) groups is 1. The molecule has 4 heterocycles. The fraction of sp³-hybridized carbons (Fsp3) is 0.562. The van der Waals surface area contributed by atoms with Gasteiger partial charge in [0.1, 0.15) is 11.4 Å². The molecule has 4 rings (SSSR count). The highest BCUT2D eigenvalue weighted by molar-refractivity contribution is 8.04. The lowest BCUT2D eigenvalue weighted by molar-refractivity contribution is -0.125. The smallest absolute Gasteiger partial charge is 0.369 e. The van der Waals surface area contributed by atoms with Gasteiger partial charge in [-0.3, -0.25) is 0 Å². The van der Waals surface area contributed by atoms with Gasteiger partial charge in [-0.2, -0.15) is 18.4 Å². The summed E-state index contributed by atoms with van der Waals surface area (Å²) >= 11 is 1.23. The Kier molecular flexibility index (Phi) is 3.45. The van der Waals surface area contributed by atoms with Gasteiger partial charge in [0.15, 0.2) is 0 Å². The molecular weight excluding hydrogens is 337 g/mol. The second-order valence-electron chi connectivity index (χ2n) is 6.96. The fourth-order valence-electron chi connectivity index (χ4n) is 3.81. The Bertz CT molecular complexity index is 704. The van der Waals surface area contributed by atoms with E-state index < -0.39 is 12.6 Å². The molecule has 4 aliphatic heterocycles. The maximum absolute atomic E-state index is 12.7. The molecule has 4 nitrogen and oxygen atoms in total. The molecule has 0 bridgehead atoms. The van der Waals surface area contributed by atoms with Crippen molar-refractivity contribution in [3.8, 4) is 6.07 Å². The second-order valence-corrected chi connectivity index (χ2v) is 8.16. The maximum Gasteiger partial charge on any atom is 0.393 e. The van der Waals surface area contributed by atoms with Crippen molar-refractivity contribution < 1.29 is 13.2 Å². The molecule has 0 aromatic heterocycles. The Morgan fingerprint density at radius 2 is 2.12 bits per heavy atom. The molecule has 2 fully saturated rings. The van der Waals surface area contributed by atoms with E-state index in [0.717, 1.165) is 37.4 Å². The number of nitriles is 1. The lowest BCUT2D eigenvalue weighted by Gasteiger charge is -2.58. The molecule has 2 saturated heterocycles. The van der Waals surface area contributed by atoms with Crippen molar-refractivity contribution in [3.63, 3.8) is 0 Å². The zero-order valence-corrected chi connectivity index (χ0v) is 14.0. The van der Waals surface area contributed by atoms with Gasteiger partial charge in [-0.15, -0.1) is 11.8 Å². The predicted molar refractivity (Wildman–Crippen MR) is 85.5 cm³/mol. The van der Waals surface area contributed by atoms with Gasteiger partial charge in [0, 0.05) is 50.4 Å². The highest BCUT2D eigenvalue weighted by Gasteiger charge is 2.50. The highest BCUT2D eigenvalue weighted by Crippen LogP contribution is 2.49. The first kappa shape index (κ1) is 15.9. The topological polar surface area (TPSA) is 42.3 Å². The monoisotopic (exact) mass is 354 g/mol. The van der Waals surface area contributed by atoms with Gasteiger partial charge >= 0.3 is 6.18 Å². The van der Waals surface area contributed by atoms with Gasteiger partial charge in [-0.25, -0.2) is 0 Å². The Morgan fingerprint density at radius 1 is 1.42 bits per heavy atom. The summed E-state index contributed by atoms with van der Waals surface area (Å²) in [7, 11) is 1.81. The fourth-order valence-corrected chi connectivity index (χ4v) is 5.07. The maximum atomic E-state index is 12.7. The SMILES string of the molecule is CN1C=C(C#N)C(N2CC3(CNC3)C2)=C2C=C(CC(F)(F)F)SC21. The van der Waals surface area contributed by atoms with Crippen molar-refractivity contribution in [1.82, 2.24) is 15.1 Å². The van der Waals surface area contributed by atoms with Crippen LogP contribution in [0.25, 0.3) is 0 Å². The van der Waals surface area contributed by atoms with Crippen molar-refractivity contribution in [2.24, 2.45) is 5.41 Å². The van der Waals surface area contributed by atoms with Crippen molar-refractivity contribution >= 4 is 11.8 Å². The third-order valence-corrected chi connectivity index (χ3v) is 6.32. The minimum atomic E-state index is -4.21. The molecule has 0 aromatic rings. The van der Waals surface area contributed by atoms with E-state index in [1.54, 1.807) is 12.3 Å². The molecule has 0 aromatic carbocycles. The molecule has 1 N–H and O–H groups in total. The zero-order chi connectivity index (χ0) is 17.1. The van der Waals surface area contributed by atoms with Crippen LogP contribution in [-0.4, -0.2) is 54.6 Å². The summed E-state index contributed by atoms with van der Waals surface area (Å²) in [6.07, 6.45) is -1.72. The Labute approximate surface area is 142 Å². The van der Waals surface area contributed by atoms with Crippen LogP contribution in [-0.2, 0) is 0 Å². The number of fused-ring (bicyclic) bond motifs is 1. The number of allylic oxidation sites excluding steroid dienone is 2. The number of nitrogens with one attached hydrogen (secondary N) is 1. The lowest BCUT2D eigenvalue weighted by atomic mass is 9.73. The molecule has 1 spiro atoms. The number of hydrogen-bond acceptors (Lipinski definition) is 5. The molecule has 1 atom stereocenters. The van der Waals surface area contributed by atoms with Crippen LogP contribution in [0.4, 0.5) is 13.2 Å². The normalized spacial score (nSPS) is 28.0. The predicted octanol–water partition coefficient (Wildman–Crippen LogP) is 2.41. The van der Waals surface area contributed by atoms with Gasteiger partial charge < -0.3 is 15.1 Å². The number of likely N-dealkylation sites (tertiary alicyclic amines) is 1. The summed E-state index contributed by atoms with van der Waals surface area (Å²) in [5, 5.41) is 12.6. The van der Waals surface area contributed by atoms with E-state index >= 15 is 0 Å². The van der Waals surface area contributed by atoms with Crippen molar-refractivity contribution in [1.29, 1.82) is 5.26 Å². The van der Waals surface area contributed by atoms with Crippen LogP contribution in [0.2, 0.25) is 0 Å². The van der Waals surface area contributed by atoms with E-state index in [4.69, 9.17) is 0 Å². The summed E-state index contributed by atoms with van der Waals surface area (Å²) in [5.41, 5.74) is 2.48. The molecule has 8 heteroatoms. The van der Waals surface area contributed by atoms with Crippen LogP contribution < -0.4 is 5.32 Å². The van der Waals surface area contributed by atoms with Gasteiger partial charge in [0.05, 0.1) is 17.7 Å². The average molecular weight is 354 g/mol. The van der Waals surface area contributed by atoms with Gasteiger partial charge in [-0.05, 0) is 11.0 Å². The van der Waals surface area contributed by atoms with Crippen molar-refractivity contribution in [2.45, 2.75) is 18.0 Å². The van der Waals surface area contributed by atoms with Gasteiger partial charge in [0.25, 0.3) is 0 Å². The van der Waals surface area contributed by atoms with Gasteiger partial charge in [0.2, 0.25) is 0 Å². The zero-order valence-electron chi connectivity index (χ0n) is 13.2. The number of hydrogen-bond donors (Lipinski definition) is 1. The third kappa shape index (κ3) is 2.50. The van der Waals surface area contributed by atoms with Crippen LogP contribution in [0.1, 0.15) is 6.42 Å². The van der Waals surface area contributed by atoms with Crippen LogP contribution in [0.3, 0.4) is 0 Å². The molecule has 0 saturated carbocycles. The summed E-state index contributed by atoms with van der Waals surface area (Å²) in [5.74, 6) is 0.